The van der Waals surface area contributed by atoms with E-state index in [1.165, 1.54) is 32.4 Å². The Morgan fingerprint density at radius 1 is 1.11 bits per heavy atom. The van der Waals surface area contributed by atoms with Crippen molar-refractivity contribution in [1.82, 2.24) is 10.2 Å². The summed E-state index contributed by atoms with van der Waals surface area (Å²) < 4.78 is 5.12. The van der Waals surface area contributed by atoms with Crippen molar-refractivity contribution in [3.05, 3.63) is 0 Å². The zero-order chi connectivity index (χ0) is 14.3. The highest BCUT2D eigenvalue weighted by atomic mass is 16.5. The Bertz CT molecular complexity index is 231. The first-order valence-corrected chi connectivity index (χ1v) is 8.02. The van der Waals surface area contributed by atoms with Gasteiger partial charge in [-0.1, -0.05) is 27.7 Å². The van der Waals surface area contributed by atoms with E-state index in [4.69, 9.17) is 4.74 Å². The number of hydrogen-bond donors (Lipinski definition) is 1. The van der Waals surface area contributed by atoms with E-state index < -0.39 is 0 Å². The number of piperazine rings is 1. The van der Waals surface area contributed by atoms with Crippen LogP contribution in [0.1, 0.15) is 47.0 Å². The molecule has 1 saturated heterocycles. The van der Waals surface area contributed by atoms with Gasteiger partial charge in [-0.25, -0.2) is 0 Å². The number of nitrogens with one attached hydrogen (secondary N) is 1. The van der Waals surface area contributed by atoms with Gasteiger partial charge in [-0.15, -0.1) is 0 Å². The molecule has 0 aromatic carbocycles. The molecule has 0 aliphatic carbocycles. The fourth-order valence-corrected chi connectivity index (χ4v) is 2.95. The highest BCUT2D eigenvalue weighted by Crippen LogP contribution is 2.19. The number of methoxy groups -OCH3 is 1. The zero-order valence-corrected chi connectivity index (χ0v) is 13.6. The van der Waals surface area contributed by atoms with Crippen molar-refractivity contribution in [3.8, 4) is 0 Å². The second kappa shape index (κ2) is 8.93. The van der Waals surface area contributed by atoms with Crippen molar-refractivity contribution in [1.29, 1.82) is 0 Å². The summed E-state index contributed by atoms with van der Waals surface area (Å²) in [7, 11) is 1.79. The quantitative estimate of drug-likeness (QED) is 0.686. The van der Waals surface area contributed by atoms with Crippen LogP contribution in [0.5, 0.6) is 0 Å². The molecule has 0 saturated carbocycles. The number of hydrogen-bond acceptors (Lipinski definition) is 3. The predicted octanol–water partition coefficient (Wildman–Crippen LogP) is 2.76. The van der Waals surface area contributed by atoms with Crippen LogP contribution in [0.25, 0.3) is 0 Å². The second-order valence-electron chi connectivity index (χ2n) is 6.62. The minimum Gasteiger partial charge on any atom is -0.385 e. The first-order valence-electron chi connectivity index (χ1n) is 8.02. The van der Waals surface area contributed by atoms with Crippen LogP contribution < -0.4 is 5.32 Å². The summed E-state index contributed by atoms with van der Waals surface area (Å²) in [6.07, 6.45) is 3.79. The largest absolute Gasteiger partial charge is 0.385 e. The summed E-state index contributed by atoms with van der Waals surface area (Å²) in [5.74, 6) is 1.46. The Morgan fingerprint density at radius 2 is 1.84 bits per heavy atom. The van der Waals surface area contributed by atoms with Crippen LogP contribution in [0.15, 0.2) is 0 Å². The molecule has 0 bridgehead atoms. The minimum atomic E-state index is 0.661. The molecule has 0 amide bonds. The van der Waals surface area contributed by atoms with Crippen molar-refractivity contribution in [2.45, 2.75) is 59.0 Å². The van der Waals surface area contributed by atoms with E-state index in [2.05, 4.69) is 37.9 Å². The first kappa shape index (κ1) is 16.9. The Labute approximate surface area is 120 Å². The van der Waals surface area contributed by atoms with Crippen LogP contribution in [0.4, 0.5) is 0 Å². The van der Waals surface area contributed by atoms with Crippen molar-refractivity contribution in [2.24, 2.45) is 11.8 Å². The van der Waals surface area contributed by atoms with Crippen molar-refractivity contribution >= 4 is 0 Å². The average Bonchev–Trinajstić information content (AvgIpc) is 2.38. The highest BCUT2D eigenvalue weighted by molar-refractivity contribution is 4.88. The van der Waals surface area contributed by atoms with Crippen molar-refractivity contribution in [2.75, 3.05) is 33.4 Å². The number of unbranched alkanes of at least 4 members (excludes halogenated alkanes) is 2. The standard InChI is InChI=1S/C16H34N2O/c1-13(2)15-12-18(9-7-6-8-10-19-5)16(11-17-15)14(3)4/h13-17H,6-12H2,1-5H3. The molecule has 0 spiro atoms. The molecule has 0 radical (unpaired) electrons. The molecule has 1 aliphatic heterocycles. The third-order valence-electron chi connectivity index (χ3n) is 4.36. The lowest BCUT2D eigenvalue weighted by Gasteiger charge is -2.43. The van der Waals surface area contributed by atoms with Gasteiger partial charge in [-0.05, 0) is 37.6 Å². The summed E-state index contributed by atoms with van der Waals surface area (Å²) >= 11 is 0. The molecule has 2 unspecified atom stereocenters. The van der Waals surface area contributed by atoms with Gasteiger partial charge in [0.2, 0.25) is 0 Å². The Hall–Kier alpha value is -0.120. The van der Waals surface area contributed by atoms with E-state index >= 15 is 0 Å². The second-order valence-corrected chi connectivity index (χ2v) is 6.62. The Balaban J connectivity index is 2.38. The zero-order valence-electron chi connectivity index (χ0n) is 13.6. The summed E-state index contributed by atoms with van der Waals surface area (Å²) in [5, 5.41) is 3.73. The third-order valence-corrected chi connectivity index (χ3v) is 4.36. The van der Waals surface area contributed by atoms with Crippen LogP contribution in [0.2, 0.25) is 0 Å². The number of nitrogens with zero attached hydrogens (tertiary/aromatic N) is 1. The average molecular weight is 270 g/mol. The molecule has 1 fully saturated rings. The molecular weight excluding hydrogens is 236 g/mol. The smallest absolute Gasteiger partial charge is 0.0462 e. The molecule has 114 valence electrons. The predicted molar refractivity (Wildman–Crippen MR) is 82.6 cm³/mol. The lowest BCUT2D eigenvalue weighted by atomic mass is 9.94. The molecule has 19 heavy (non-hydrogen) atoms. The molecular formula is C16H34N2O. The molecule has 3 nitrogen and oxygen atoms in total. The van der Waals surface area contributed by atoms with E-state index in [-0.39, 0.29) is 0 Å². The van der Waals surface area contributed by atoms with Crippen LogP contribution >= 0.6 is 0 Å². The first-order chi connectivity index (χ1) is 9.06. The topological polar surface area (TPSA) is 24.5 Å². The van der Waals surface area contributed by atoms with Gasteiger partial charge < -0.3 is 10.1 Å². The highest BCUT2D eigenvalue weighted by Gasteiger charge is 2.30. The monoisotopic (exact) mass is 270 g/mol. The minimum absolute atomic E-state index is 0.661. The van der Waals surface area contributed by atoms with Gasteiger partial charge in [-0.2, -0.15) is 0 Å². The van der Waals surface area contributed by atoms with Crippen LogP contribution in [0, 0.1) is 11.8 Å². The normalized spacial score (nSPS) is 25.4. The summed E-state index contributed by atoms with van der Waals surface area (Å²) in [6.45, 7) is 13.9. The SMILES string of the molecule is COCCCCCN1CC(C(C)C)NCC1C(C)C. The summed E-state index contributed by atoms with van der Waals surface area (Å²) in [4.78, 5) is 2.72. The number of ether oxygens (including phenoxy) is 1. The van der Waals surface area contributed by atoms with E-state index in [9.17, 15) is 0 Å². The van der Waals surface area contributed by atoms with E-state index in [1.807, 2.05) is 0 Å². The van der Waals surface area contributed by atoms with E-state index in [0.29, 0.717) is 12.1 Å². The molecule has 1 rings (SSSR count). The van der Waals surface area contributed by atoms with Gasteiger partial charge in [0.25, 0.3) is 0 Å². The molecule has 3 heteroatoms. The summed E-state index contributed by atoms with van der Waals surface area (Å²) in [6, 6.07) is 1.37. The molecule has 2 atom stereocenters. The van der Waals surface area contributed by atoms with Crippen LogP contribution in [0.3, 0.4) is 0 Å². The van der Waals surface area contributed by atoms with Crippen LogP contribution in [-0.2, 0) is 4.74 Å². The Kier molecular flexibility index (Phi) is 7.96. The molecule has 1 aliphatic rings. The van der Waals surface area contributed by atoms with Gasteiger partial charge >= 0.3 is 0 Å². The summed E-state index contributed by atoms with van der Waals surface area (Å²) in [5.41, 5.74) is 0. The lowest BCUT2D eigenvalue weighted by molar-refractivity contribution is 0.0826. The van der Waals surface area contributed by atoms with Gasteiger partial charge in [0.15, 0.2) is 0 Å². The maximum atomic E-state index is 5.12. The molecule has 0 aromatic heterocycles. The van der Waals surface area contributed by atoms with E-state index in [0.717, 1.165) is 25.0 Å². The van der Waals surface area contributed by atoms with Crippen LogP contribution in [-0.4, -0.2) is 50.3 Å². The lowest BCUT2D eigenvalue weighted by Crippen LogP contribution is -2.59. The number of rotatable bonds is 8. The third kappa shape index (κ3) is 5.80. The van der Waals surface area contributed by atoms with E-state index in [1.54, 1.807) is 7.11 Å². The van der Waals surface area contributed by atoms with Gasteiger partial charge in [0.1, 0.15) is 0 Å². The Morgan fingerprint density at radius 3 is 2.42 bits per heavy atom. The fourth-order valence-electron chi connectivity index (χ4n) is 2.95. The fraction of sp³-hybridized carbons (Fsp3) is 1.00. The van der Waals surface area contributed by atoms with Gasteiger partial charge in [-0.3, -0.25) is 4.90 Å². The molecule has 0 aromatic rings. The maximum absolute atomic E-state index is 5.12. The van der Waals surface area contributed by atoms with Crippen molar-refractivity contribution in [3.63, 3.8) is 0 Å². The van der Waals surface area contributed by atoms with Crippen molar-refractivity contribution < 1.29 is 4.74 Å². The van der Waals surface area contributed by atoms with Gasteiger partial charge in [0.05, 0.1) is 0 Å². The molecule has 1 heterocycles. The van der Waals surface area contributed by atoms with Gasteiger partial charge in [0, 0.05) is 38.9 Å². The molecule has 1 N–H and O–H groups in total. The maximum Gasteiger partial charge on any atom is 0.0462 e.